The van der Waals surface area contributed by atoms with Gasteiger partial charge < -0.3 is 14.6 Å². The first-order valence-electron chi connectivity index (χ1n) is 9.56. The molecular formula is C24H19Br2ClO5. The van der Waals surface area contributed by atoms with Crippen molar-refractivity contribution in [1.29, 1.82) is 0 Å². The van der Waals surface area contributed by atoms with Gasteiger partial charge in [0, 0.05) is 57.3 Å². The van der Waals surface area contributed by atoms with Crippen LogP contribution in [0.3, 0.4) is 0 Å². The van der Waals surface area contributed by atoms with Gasteiger partial charge in [-0.15, -0.1) is 0 Å². The number of phenolic OH excluding ortho intramolecular Hbond substituents is 1. The number of ether oxygens (including phenoxy) is 2. The summed E-state index contributed by atoms with van der Waals surface area (Å²) in [5, 5.41) is 10.7. The third-order valence-electron chi connectivity index (χ3n) is 4.53. The number of phenols is 1. The Bertz CT molecular complexity index is 1190. The predicted molar refractivity (Wildman–Crippen MR) is 130 cm³/mol. The van der Waals surface area contributed by atoms with Gasteiger partial charge in [-0.2, -0.15) is 0 Å². The van der Waals surface area contributed by atoms with E-state index < -0.39 is 11.9 Å². The molecule has 3 rings (SSSR count). The zero-order valence-electron chi connectivity index (χ0n) is 17.2. The van der Waals surface area contributed by atoms with Crippen LogP contribution < -0.4 is 9.47 Å². The van der Waals surface area contributed by atoms with Gasteiger partial charge in [0.25, 0.3) is 0 Å². The Morgan fingerprint density at radius 1 is 0.812 bits per heavy atom. The number of carbonyl (C=O) groups is 2. The van der Waals surface area contributed by atoms with Crippen molar-refractivity contribution in [2.24, 2.45) is 0 Å². The summed E-state index contributed by atoms with van der Waals surface area (Å²) in [4.78, 5) is 23.4. The fraction of sp³-hybridized carbons (Fsp3) is 0.167. The van der Waals surface area contributed by atoms with Crippen molar-refractivity contribution in [3.63, 3.8) is 0 Å². The second kappa shape index (κ2) is 10.5. The van der Waals surface area contributed by atoms with Gasteiger partial charge in [-0.05, 0) is 54.1 Å². The Kier molecular flexibility index (Phi) is 7.98. The quantitative estimate of drug-likeness (QED) is 0.262. The molecule has 0 unspecified atom stereocenters. The molecule has 0 atom stereocenters. The fourth-order valence-electron chi connectivity index (χ4n) is 3.30. The number of aromatic hydroxyl groups is 1. The average Bonchev–Trinajstić information content (AvgIpc) is 2.69. The van der Waals surface area contributed by atoms with Crippen molar-refractivity contribution in [3.05, 3.63) is 84.8 Å². The molecule has 32 heavy (non-hydrogen) atoms. The molecule has 8 heteroatoms. The minimum absolute atomic E-state index is 0.118. The van der Waals surface area contributed by atoms with Crippen molar-refractivity contribution in [2.75, 3.05) is 0 Å². The highest BCUT2D eigenvalue weighted by Gasteiger charge is 2.18. The molecule has 1 N–H and O–H groups in total. The summed E-state index contributed by atoms with van der Waals surface area (Å²) in [6, 6.07) is 13.8. The molecule has 0 aliphatic carbocycles. The third kappa shape index (κ3) is 6.34. The van der Waals surface area contributed by atoms with Crippen molar-refractivity contribution in [3.8, 4) is 17.2 Å². The standard InChI is InChI=1S/C24H19Br2ClO5/c1-13(28)31-23-6-4-20(26)10-16(23)8-18-12-21(27)11-17(24(18)32-14(2)29)7-15-9-19(25)3-5-22(15)30/h3-6,9-12,30H,7-8H2,1-2H3. The molecule has 0 aliphatic heterocycles. The van der Waals surface area contributed by atoms with Crippen LogP contribution in [0.25, 0.3) is 0 Å². The monoisotopic (exact) mass is 580 g/mol. The predicted octanol–water partition coefficient (Wildman–Crippen LogP) is 6.60. The van der Waals surface area contributed by atoms with Crippen molar-refractivity contribution < 1.29 is 24.2 Å². The average molecular weight is 583 g/mol. The molecule has 3 aromatic carbocycles. The van der Waals surface area contributed by atoms with Crippen molar-refractivity contribution >= 4 is 55.4 Å². The van der Waals surface area contributed by atoms with E-state index in [1.807, 2.05) is 6.07 Å². The lowest BCUT2D eigenvalue weighted by atomic mass is 9.96. The van der Waals surface area contributed by atoms with Crippen molar-refractivity contribution in [2.45, 2.75) is 26.7 Å². The van der Waals surface area contributed by atoms with E-state index in [1.54, 1.807) is 42.5 Å². The van der Waals surface area contributed by atoms with Crippen LogP contribution in [0.1, 0.15) is 36.1 Å². The second-order valence-electron chi connectivity index (χ2n) is 7.12. The van der Waals surface area contributed by atoms with Gasteiger partial charge in [0.05, 0.1) is 0 Å². The van der Waals surface area contributed by atoms with Gasteiger partial charge >= 0.3 is 11.9 Å². The number of hydrogen-bond acceptors (Lipinski definition) is 5. The summed E-state index contributed by atoms with van der Waals surface area (Å²) in [7, 11) is 0. The van der Waals surface area contributed by atoms with E-state index in [1.165, 1.54) is 13.8 Å². The van der Waals surface area contributed by atoms with Crippen LogP contribution in [0, 0.1) is 0 Å². The van der Waals surface area contributed by atoms with Crippen LogP contribution in [-0.2, 0) is 22.4 Å². The molecular weight excluding hydrogens is 564 g/mol. The molecule has 0 fully saturated rings. The topological polar surface area (TPSA) is 72.8 Å². The molecule has 3 aromatic rings. The van der Waals surface area contributed by atoms with Gasteiger partial charge in [0.2, 0.25) is 0 Å². The maximum absolute atomic E-state index is 11.9. The molecule has 0 saturated heterocycles. The highest BCUT2D eigenvalue weighted by molar-refractivity contribution is 9.10. The lowest BCUT2D eigenvalue weighted by molar-refractivity contribution is -0.132. The Morgan fingerprint density at radius 2 is 1.34 bits per heavy atom. The molecule has 0 spiro atoms. The molecule has 0 aliphatic rings. The normalized spacial score (nSPS) is 10.7. The first-order valence-corrected chi connectivity index (χ1v) is 11.5. The summed E-state index contributed by atoms with van der Waals surface area (Å²) in [6.45, 7) is 2.65. The summed E-state index contributed by atoms with van der Waals surface area (Å²) >= 11 is 13.3. The van der Waals surface area contributed by atoms with E-state index in [0.29, 0.717) is 45.2 Å². The van der Waals surface area contributed by atoms with E-state index in [9.17, 15) is 14.7 Å². The second-order valence-corrected chi connectivity index (χ2v) is 9.39. The van der Waals surface area contributed by atoms with Gasteiger partial charge in [-0.3, -0.25) is 9.59 Å². The minimum atomic E-state index is -0.484. The lowest BCUT2D eigenvalue weighted by Gasteiger charge is -2.17. The molecule has 5 nitrogen and oxygen atoms in total. The Hall–Kier alpha value is -2.35. The number of rotatable bonds is 6. The zero-order valence-corrected chi connectivity index (χ0v) is 21.2. The van der Waals surface area contributed by atoms with Crippen LogP contribution in [0.2, 0.25) is 5.02 Å². The lowest BCUT2D eigenvalue weighted by Crippen LogP contribution is -2.09. The summed E-state index contributed by atoms with van der Waals surface area (Å²) in [5.74, 6) is -0.0447. The molecule has 166 valence electrons. The Morgan fingerprint density at radius 3 is 1.94 bits per heavy atom. The van der Waals surface area contributed by atoms with E-state index in [0.717, 1.165) is 8.95 Å². The van der Waals surface area contributed by atoms with Gasteiger partial charge in [0.15, 0.2) is 0 Å². The maximum atomic E-state index is 11.9. The van der Waals surface area contributed by atoms with Crippen molar-refractivity contribution in [1.82, 2.24) is 0 Å². The largest absolute Gasteiger partial charge is 0.508 e. The summed E-state index contributed by atoms with van der Waals surface area (Å²) in [6.07, 6.45) is 0.583. The highest BCUT2D eigenvalue weighted by atomic mass is 79.9. The smallest absolute Gasteiger partial charge is 0.308 e. The summed E-state index contributed by atoms with van der Waals surface area (Å²) < 4.78 is 12.5. The van der Waals surface area contributed by atoms with E-state index in [-0.39, 0.29) is 12.2 Å². The number of carbonyl (C=O) groups excluding carboxylic acids is 2. The highest BCUT2D eigenvalue weighted by Crippen LogP contribution is 2.36. The number of benzene rings is 3. The number of halogens is 3. The SMILES string of the molecule is CC(=O)Oc1ccc(Br)cc1Cc1cc(Cl)cc(Cc2cc(Br)ccc2O)c1OC(C)=O. The minimum Gasteiger partial charge on any atom is -0.508 e. The molecule has 0 aromatic heterocycles. The van der Waals surface area contributed by atoms with Crippen LogP contribution in [0.5, 0.6) is 17.2 Å². The van der Waals surface area contributed by atoms with E-state index in [2.05, 4.69) is 31.9 Å². The number of hydrogen-bond donors (Lipinski definition) is 1. The van der Waals surface area contributed by atoms with Crippen LogP contribution in [-0.4, -0.2) is 17.0 Å². The van der Waals surface area contributed by atoms with Crippen LogP contribution in [0.15, 0.2) is 57.5 Å². The Labute approximate surface area is 207 Å². The van der Waals surface area contributed by atoms with Crippen LogP contribution >= 0.6 is 43.5 Å². The molecule has 0 bridgehead atoms. The summed E-state index contributed by atoms with van der Waals surface area (Å²) in [5.41, 5.74) is 2.63. The van der Waals surface area contributed by atoms with Gasteiger partial charge in [0.1, 0.15) is 17.2 Å². The van der Waals surface area contributed by atoms with Crippen LogP contribution in [0.4, 0.5) is 0 Å². The molecule has 0 radical (unpaired) electrons. The zero-order chi connectivity index (χ0) is 23.4. The first-order chi connectivity index (χ1) is 15.1. The first kappa shape index (κ1) is 24.3. The number of esters is 2. The fourth-order valence-corrected chi connectivity index (χ4v) is 4.38. The Balaban J connectivity index is 2.10. The van der Waals surface area contributed by atoms with E-state index >= 15 is 0 Å². The van der Waals surface area contributed by atoms with Gasteiger partial charge in [-0.25, -0.2) is 0 Å². The molecule has 0 heterocycles. The maximum Gasteiger partial charge on any atom is 0.308 e. The van der Waals surface area contributed by atoms with Gasteiger partial charge in [-0.1, -0.05) is 43.5 Å². The molecule has 0 saturated carbocycles. The molecule has 0 amide bonds. The van der Waals surface area contributed by atoms with E-state index in [4.69, 9.17) is 21.1 Å². The third-order valence-corrected chi connectivity index (χ3v) is 5.74.